The molecule has 2 N–H and O–H groups in total. The van der Waals surface area contributed by atoms with Crippen LogP contribution in [0.2, 0.25) is 0 Å². The largest absolute Gasteiger partial charge is 0.480 e. The molecule has 0 aliphatic carbocycles. The highest BCUT2D eigenvalue weighted by atomic mass is 32.2. The predicted molar refractivity (Wildman–Crippen MR) is 66.0 cm³/mol. The van der Waals surface area contributed by atoms with Gasteiger partial charge in [-0.1, -0.05) is 0 Å². The van der Waals surface area contributed by atoms with E-state index < -0.39 is 29.7 Å². The molecule has 19 heavy (non-hydrogen) atoms. The van der Waals surface area contributed by atoms with E-state index in [0.717, 1.165) is 17.0 Å². The highest BCUT2D eigenvalue weighted by Gasteiger charge is 2.34. The number of carboxylic acids is 1. The fourth-order valence-corrected chi connectivity index (χ4v) is 2.81. The average molecular weight is 288 g/mol. The second kappa shape index (κ2) is 5.43. The zero-order valence-electron chi connectivity index (χ0n) is 9.60. The fourth-order valence-electron chi connectivity index (χ4n) is 1.67. The lowest BCUT2D eigenvalue weighted by Crippen LogP contribution is -2.43. The number of carboxylic acid groups (broad SMARTS) is 1. The van der Waals surface area contributed by atoms with Crippen LogP contribution in [0.3, 0.4) is 0 Å². The minimum atomic E-state index is -1.11. The van der Waals surface area contributed by atoms with Crippen LogP contribution in [0.15, 0.2) is 18.2 Å². The van der Waals surface area contributed by atoms with Crippen LogP contribution in [0.25, 0.3) is 0 Å². The maximum atomic E-state index is 13.0. The number of thioether (sulfide) groups is 1. The maximum absolute atomic E-state index is 13.0. The number of carbonyl (C=O) groups excluding carboxylic acids is 1. The molecular formula is C11H10F2N2O3S. The van der Waals surface area contributed by atoms with E-state index in [2.05, 4.69) is 5.32 Å². The molecule has 5 nitrogen and oxygen atoms in total. The molecule has 2 amide bonds. The minimum absolute atomic E-state index is 0.0523. The van der Waals surface area contributed by atoms with Crippen LogP contribution in [0.5, 0.6) is 0 Å². The van der Waals surface area contributed by atoms with E-state index in [1.807, 2.05) is 0 Å². The number of hydrogen-bond donors (Lipinski definition) is 2. The SMILES string of the molecule is O=C(O)[C@@H]1CSCN1C(=O)Nc1cc(F)cc(F)c1. The number of rotatable bonds is 2. The lowest BCUT2D eigenvalue weighted by atomic mass is 10.3. The zero-order chi connectivity index (χ0) is 14.0. The van der Waals surface area contributed by atoms with Crippen LogP contribution >= 0.6 is 11.8 Å². The number of anilines is 1. The summed E-state index contributed by atoms with van der Waals surface area (Å²) in [5.74, 6) is -2.23. The van der Waals surface area contributed by atoms with Crippen molar-refractivity contribution in [1.29, 1.82) is 0 Å². The van der Waals surface area contributed by atoms with Crippen LogP contribution in [0.1, 0.15) is 0 Å². The molecule has 8 heteroatoms. The minimum Gasteiger partial charge on any atom is -0.480 e. The van der Waals surface area contributed by atoms with Gasteiger partial charge in [0.05, 0.1) is 5.88 Å². The molecule has 0 saturated carbocycles. The summed E-state index contributed by atoms with van der Waals surface area (Å²) < 4.78 is 25.9. The normalized spacial score (nSPS) is 18.4. The van der Waals surface area contributed by atoms with Crippen molar-refractivity contribution in [3.05, 3.63) is 29.8 Å². The molecule has 1 atom stereocenters. The van der Waals surface area contributed by atoms with Crippen molar-refractivity contribution in [2.75, 3.05) is 16.9 Å². The summed E-state index contributed by atoms with van der Waals surface area (Å²) in [4.78, 5) is 23.9. The van der Waals surface area contributed by atoms with Gasteiger partial charge < -0.3 is 15.3 Å². The number of nitrogens with zero attached hydrogens (tertiary/aromatic N) is 1. The first-order valence-electron chi connectivity index (χ1n) is 5.31. The summed E-state index contributed by atoms with van der Waals surface area (Å²) in [5, 5.41) is 11.2. The monoisotopic (exact) mass is 288 g/mol. The zero-order valence-corrected chi connectivity index (χ0v) is 10.4. The van der Waals surface area contributed by atoms with Gasteiger partial charge in [-0.3, -0.25) is 0 Å². The fraction of sp³-hybridized carbons (Fsp3) is 0.273. The summed E-state index contributed by atoms with van der Waals surface area (Å²) in [7, 11) is 0. The third-order valence-corrected chi connectivity index (χ3v) is 3.55. The molecule has 0 unspecified atom stereocenters. The number of hydrogen-bond acceptors (Lipinski definition) is 3. The first kappa shape index (κ1) is 13.6. The summed E-state index contributed by atoms with van der Waals surface area (Å²) in [6.45, 7) is 0. The van der Waals surface area contributed by atoms with Gasteiger partial charge in [0, 0.05) is 17.5 Å². The van der Waals surface area contributed by atoms with E-state index in [-0.39, 0.29) is 11.6 Å². The summed E-state index contributed by atoms with van der Waals surface area (Å²) in [6.07, 6.45) is 0. The van der Waals surface area contributed by atoms with Gasteiger partial charge >= 0.3 is 12.0 Å². The maximum Gasteiger partial charge on any atom is 0.327 e. The number of amides is 2. The Bertz CT molecular complexity index is 506. The lowest BCUT2D eigenvalue weighted by molar-refractivity contribution is -0.140. The first-order chi connectivity index (χ1) is 8.97. The summed E-state index contributed by atoms with van der Waals surface area (Å²) >= 11 is 1.30. The molecule has 1 aromatic rings. The van der Waals surface area contributed by atoms with E-state index in [0.29, 0.717) is 11.8 Å². The van der Waals surface area contributed by atoms with Crippen LogP contribution in [0.4, 0.5) is 19.3 Å². The Morgan fingerprint density at radius 2 is 1.95 bits per heavy atom. The number of carbonyl (C=O) groups is 2. The Balaban J connectivity index is 2.10. The summed E-state index contributed by atoms with van der Waals surface area (Å²) in [6, 6.07) is 0.979. The van der Waals surface area contributed by atoms with Crippen LogP contribution in [-0.4, -0.2) is 39.7 Å². The number of halogens is 2. The molecule has 1 aromatic carbocycles. The highest BCUT2D eigenvalue weighted by Crippen LogP contribution is 2.22. The molecular weight excluding hydrogens is 278 g/mol. The average Bonchev–Trinajstić information content (AvgIpc) is 2.75. The Labute approximate surface area is 111 Å². The molecule has 102 valence electrons. The third-order valence-electron chi connectivity index (χ3n) is 2.54. The number of urea groups is 1. The van der Waals surface area contributed by atoms with E-state index in [9.17, 15) is 18.4 Å². The standard InChI is InChI=1S/C11H10F2N2O3S/c12-6-1-7(13)3-8(2-6)14-11(18)15-5-19-4-9(15)10(16)17/h1-3,9H,4-5H2,(H,14,18)(H,16,17)/t9-/m0/s1. The van der Waals surface area contributed by atoms with Crippen molar-refractivity contribution in [2.45, 2.75) is 6.04 Å². The van der Waals surface area contributed by atoms with Gasteiger partial charge in [0.2, 0.25) is 0 Å². The number of aliphatic carboxylic acids is 1. The predicted octanol–water partition coefficient (Wildman–Crippen LogP) is 1.96. The van der Waals surface area contributed by atoms with Gasteiger partial charge in [-0.2, -0.15) is 0 Å². The topological polar surface area (TPSA) is 69.6 Å². The quantitative estimate of drug-likeness (QED) is 0.872. The molecule has 0 spiro atoms. The van der Waals surface area contributed by atoms with Gasteiger partial charge in [-0.05, 0) is 12.1 Å². The van der Waals surface area contributed by atoms with Crippen molar-refractivity contribution in [1.82, 2.24) is 4.90 Å². The lowest BCUT2D eigenvalue weighted by Gasteiger charge is -2.20. The van der Waals surface area contributed by atoms with E-state index in [1.165, 1.54) is 11.8 Å². The molecule has 1 aliphatic rings. The van der Waals surface area contributed by atoms with Crippen molar-refractivity contribution in [2.24, 2.45) is 0 Å². The smallest absolute Gasteiger partial charge is 0.327 e. The van der Waals surface area contributed by atoms with Crippen molar-refractivity contribution in [3.8, 4) is 0 Å². The van der Waals surface area contributed by atoms with Crippen molar-refractivity contribution in [3.63, 3.8) is 0 Å². The number of benzene rings is 1. The Hall–Kier alpha value is -1.83. The van der Waals surface area contributed by atoms with Gasteiger partial charge in [0.15, 0.2) is 0 Å². The molecule has 1 aliphatic heterocycles. The van der Waals surface area contributed by atoms with E-state index >= 15 is 0 Å². The van der Waals surface area contributed by atoms with Crippen LogP contribution in [-0.2, 0) is 4.79 Å². The van der Waals surface area contributed by atoms with Gasteiger partial charge in [0.25, 0.3) is 0 Å². The molecule has 0 radical (unpaired) electrons. The Morgan fingerprint density at radius 1 is 1.32 bits per heavy atom. The molecule has 0 bridgehead atoms. The Kier molecular flexibility index (Phi) is 3.89. The van der Waals surface area contributed by atoms with E-state index in [4.69, 9.17) is 5.11 Å². The molecule has 1 fully saturated rings. The van der Waals surface area contributed by atoms with Crippen LogP contribution in [0, 0.1) is 11.6 Å². The number of nitrogens with one attached hydrogen (secondary N) is 1. The van der Waals surface area contributed by atoms with E-state index in [1.54, 1.807) is 0 Å². The van der Waals surface area contributed by atoms with Crippen LogP contribution < -0.4 is 5.32 Å². The molecule has 1 heterocycles. The first-order valence-corrected chi connectivity index (χ1v) is 6.47. The van der Waals surface area contributed by atoms with Crippen molar-refractivity contribution < 1.29 is 23.5 Å². The Morgan fingerprint density at radius 3 is 2.53 bits per heavy atom. The molecule has 1 saturated heterocycles. The van der Waals surface area contributed by atoms with Gasteiger partial charge in [0.1, 0.15) is 17.7 Å². The molecule has 2 rings (SSSR count). The van der Waals surface area contributed by atoms with Gasteiger partial charge in [-0.15, -0.1) is 11.8 Å². The second-order valence-corrected chi connectivity index (χ2v) is 4.91. The summed E-state index contributed by atoms with van der Waals surface area (Å²) in [5.41, 5.74) is -0.0523. The van der Waals surface area contributed by atoms with Gasteiger partial charge in [-0.25, -0.2) is 18.4 Å². The molecule has 0 aromatic heterocycles. The van der Waals surface area contributed by atoms with Crippen molar-refractivity contribution >= 4 is 29.4 Å². The third kappa shape index (κ3) is 3.14. The second-order valence-electron chi connectivity index (χ2n) is 3.91. The highest BCUT2D eigenvalue weighted by molar-refractivity contribution is 7.99.